The second-order valence-electron chi connectivity index (χ2n) is 10.3. The summed E-state index contributed by atoms with van der Waals surface area (Å²) in [6, 6.07) is 11.5. The molecule has 0 atom stereocenters. The number of ether oxygens (including phenoxy) is 1. The minimum Gasteiger partial charge on any atom is -0.483 e. The minimum atomic E-state index is -0.488. The second-order valence-corrected chi connectivity index (χ2v) is 11.2. The van der Waals surface area contributed by atoms with Gasteiger partial charge in [-0.05, 0) is 76.3 Å². The van der Waals surface area contributed by atoms with Crippen molar-refractivity contribution in [1.29, 1.82) is 0 Å². The Bertz CT molecular complexity index is 1350. The number of hydrogen-bond acceptors (Lipinski definition) is 5. The van der Waals surface area contributed by atoms with Gasteiger partial charge in [-0.1, -0.05) is 33.6 Å². The fourth-order valence-electron chi connectivity index (χ4n) is 6.07. The molecule has 1 aliphatic heterocycles. The van der Waals surface area contributed by atoms with Gasteiger partial charge < -0.3 is 15.0 Å². The Hall–Kier alpha value is -3.19. The number of anilines is 1. The molecule has 5 rings (SSSR count). The van der Waals surface area contributed by atoms with Crippen LogP contribution in [0.4, 0.5) is 5.69 Å². The number of carbonyl (C=O) groups excluding carboxylic acids is 3. The molecule has 7 heteroatoms. The lowest BCUT2D eigenvalue weighted by Crippen LogP contribution is -2.39. The van der Waals surface area contributed by atoms with E-state index in [9.17, 15) is 14.4 Å². The van der Waals surface area contributed by atoms with Crippen LogP contribution in [0.25, 0.3) is 0 Å². The zero-order chi connectivity index (χ0) is 27.0. The maximum atomic E-state index is 13.4. The molecule has 1 amide bonds. The van der Waals surface area contributed by atoms with E-state index in [2.05, 4.69) is 33.1 Å². The summed E-state index contributed by atoms with van der Waals surface area (Å²) in [5.74, 6) is -0.0575. The number of aryl methyl sites for hydroxylation is 2. The Balaban J connectivity index is 1.52. The fraction of sp³-hybridized carbons (Fsp3) is 0.387. The molecule has 0 unspecified atom stereocenters. The van der Waals surface area contributed by atoms with Gasteiger partial charge in [-0.2, -0.15) is 0 Å². The quantitative estimate of drug-likeness (QED) is 0.424. The van der Waals surface area contributed by atoms with E-state index in [1.165, 1.54) is 0 Å². The molecule has 0 fully saturated rings. The maximum absolute atomic E-state index is 13.4. The van der Waals surface area contributed by atoms with Gasteiger partial charge in [-0.15, -0.1) is 0 Å². The smallest absolute Gasteiger partial charge is 0.262 e. The largest absolute Gasteiger partial charge is 0.483 e. The Morgan fingerprint density at radius 1 is 0.974 bits per heavy atom. The zero-order valence-electron chi connectivity index (χ0n) is 22.2. The van der Waals surface area contributed by atoms with Gasteiger partial charge in [0, 0.05) is 63.6 Å². The molecule has 0 spiro atoms. The molecule has 2 aliphatic carbocycles. The summed E-state index contributed by atoms with van der Waals surface area (Å²) in [5, 5.41) is 2.93. The number of carbonyl (C=O) groups is 3. The van der Waals surface area contributed by atoms with E-state index in [4.69, 9.17) is 4.74 Å². The van der Waals surface area contributed by atoms with Gasteiger partial charge in [0.1, 0.15) is 5.75 Å². The van der Waals surface area contributed by atoms with Crippen LogP contribution in [-0.2, 0) is 14.4 Å². The summed E-state index contributed by atoms with van der Waals surface area (Å²) >= 11 is 3.59. The first-order valence-corrected chi connectivity index (χ1v) is 14.2. The molecular weight excluding hydrogens is 544 g/mol. The normalized spacial score (nSPS) is 17.9. The molecule has 1 heterocycles. The van der Waals surface area contributed by atoms with E-state index in [1.807, 2.05) is 50.2 Å². The summed E-state index contributed by atoms with van der Waals surface area (Å²) in [6.07, 6.45) is 4.23. The number of ketones is 2. The van der Waals surface area contributed by atoms with Crippen molar-refractivity contribution in [3.63, 3.8) is 0 Å². The highest BCUT2D eigenvalue weighted by Crippen LogP contribution is 2.51. The average Bonchev–Trinajstić information content (AvgIpc) is 2.89. The molecule has 2 aromatic carbocycles. The number of amides is 1. The first kappa shape index (κ1) is 26.4. The number of nitrogens with zero attached hydrogens (tertiary/aromatic N) is 1. The third-order valence-electron chi connectivity index (χ3n) is 7.70. The van der Waals surface area contributed by atoms with Crippen LogP contribution in [0.2, 0.25) is 0 Å². The molecule has 0 aromatic heterocycles. The molecular formula is C31H33BrN2O4. The van der Waals surface area contributed by atoms with E-state index < -0.39 is 5.92 Å². The lowest BCUT2D eigenvalue weighted by molar-refractivity contribution is -0.119. The number of benzene rings is 2. The Morgan fingerprint density at radius 2 is 1.63 bits per heavy atom. The van der Waals surface area contributed by atoms with Crippen LogP contribution in [0.1, 0.15) is 68.1 Å². The molecule has 38 heavy (non-hydrogen) atoms. The number of nitrogens with one attached hydrogen (secondary N) is 1. The number of rotatable bonds is 6. The first-order chi connectivity index (χ1) is 18.3. The van der Waals surface area contributed by atoms with Crippen LogP contribution >= 0.6 is 15.9 Å². The number of hydrogen-bond donors (Lipinski definition) is 1. The molecule has 3 aliphatic rings. The Kier molecular flexibility index (Phi) is 7.57. The van der Waals surface area contributed by atoms with Crippen molar-refractivity contribution in [2.75, 3.05) is 18.5 Å². The number of allylic oxidation sites excluding steroid dienone is 4. The van der Waals surface area contributed by atoms with E-state index in [0.717, 1.165) is 81.6 Å². The van der Waals surface area contributed by atoms with E-state index in [1.54, 1.807) is 0 Å². The van der Waals surface area contributed by atoms with Crippen molar-refractivity contribution in [3.05, 3.63) is 80.1 Å². The topological polar surface area (TPSA) is 75.7 Å². The van der Waals surface area contributed by atoms with Crippen molar-refractivity contribution >= 4 is 39.1 Å². The highest BCUT2D eigenvalue weighted by molar-refractivity contribution is 9.10. The predicted molar refractivity (Wildman–Crippen MR) is 151 cm³/mol. The lowest BCUT2D eigenvalue weighted by Gasteiger charge is -2.43. The van der Waals surface area contributed by atoms with E-state index in [-0.39, 0.29) is 24.1 Å². The Labute approximate surface area is 232 Å². The molecule has 1 N–H and O–H groups in total. The summed E-state index contributed by atoms with van der Waals surface area (Å²) in [5.41, 5.74) is 7.13. The van der Waals surface area contributed by atoms with Crippen LogP contribution < -0.4 is 10.1 Å². The summed E-state index contributed by atoms with van der Waals surface area (Å²) in [4.78, 5) is 41.9. The number of halogens is 1. The predicted octanol–water partition coefficient (Wildman–Crippen LogP) is 6.52. The van der Waals surface area contributed by atoms with Crippen molar-refractivity contribution in [2.45, 2.75) is 65.2 Å². The molecule has 6 nitrogen and oxygen atoms in total. The van der Waals surface area contributed by atoms with Gasteiger partial charge in [0.2, 0.25) is 0 Å². The molecule has 2 aromatic rings. The van der Waals surface area contributed by atoms with E-state index >= 15 is 0 Å². The van der Waals surface area contributed by atoms with Gasteiger partial charge >= 0.3 is 0 Å². The summed E-state index contributed by atoms with van der Waals surface area (Å²) in [7, 11) is 0. The SMILES string of the molecule is CCN1C2=C(C(=O)CCC2)C(c2cc(Br)ccc2OCC(=O)Nc2ccc(C)cc2C)C2=C1CCCC2=O. The highest BCUT2D eigenvalue weighted by atomic mass is 79.9. The van der Waals surface area contributed by atoms with Crippen LogP contribution in [0.3, 0.4) is 0 Å². The third kappa shape index (κ3) is 4.96. The van der Waals surface area contributed by atoms with Crippen LogP contribution in [0.5, 0.6) is 5.75 Å². The second kappa shape index (κ2) is 10.9. The van der Waals surface area contributed by atoms with Gasteiger partial charge in [0.05, 0.1) is 0 Å². The van der Waals surface area contributed by atoms with Gasteiger partial charge in [-0.3, -0.25) is 14.4 Å². The van der Waals surface area contributed by atoms with Crippen molar-refractivity contribution in [3.8, 4) is 5.75 Å². The van der Waals surface area contributed by atoms with Crippen molar-refractivity contribution in [1.82, 2.24) is 4.90 Å². The maximum Gasteiger partial charge on any atom is 0.262 e. The van der Waals surface area contributed by atoms with Crippen molar-refractivity contribution in [2.24, 2.45) is 0 Å². The zero-order valence-corrected chi connectivity index (χ0v) is 23.7. The van der Waals surface area contributed by atoms with Crippen LogP contribution in [0, 0.1) is 13.8 Å². The molecule has 0 saturated heterocycles. The molecule has 198 valence electrons. The van der Waals surface area contributed by atoms with Crippen LogP contribution in [0.15, 0.2) is 63.4 Å². The lowest BCUT2D eigenvalue weighted by atomic mass is 9.70. The molecule has 0 saturated carbocycles. The van der Waals surface area contributed by atoms with Gasteiger partial charge in [-0.25, -0.2) is 0 Å². The highest BCUT2D eigenvalue weighted by Gasteiger charge is 2.43. The average molecular weight is 578 g/mol. The van der Waals surface area contributed by atoms with Gasteiger partial charge in [0.15, 0.2) is 18.2 Å². The minimum absolute atomic E-state index is 0.0955. The summed E-state index contributed by atoms with van der Waals surface area (Å²) < 4.78 is 6.94. The number of Topliss-reactive ketones (excluding diaryl/α,β-unsaturated/α-hetero) is 2. The molecule has 0 radical (unpaired) electrons. The van der Waals surface area contributed by atoms with Gasteiger partial charge in [0.25, 0.3) is 5.91 Å². The van der Waals surface area contributed by atoms with Crippen LogP contribution in [-0.4, -0.2) is 35.5 Å². The van der Waals surface area contributed by atoms with Crippen molar-refractivity contribution < 1.29 is 19.1 Å². The Morgan fingerprint density at radius 3 is 2.24 bits per heavy atom. The van der Waals surface area contributed by atoms with E-state index in [0.29, 0.717) is 18.6 Å². The standard InChI is InChI=1S/C31H33BrN2O4/c1-4-34-23-7-5-9-25(35)30(23)29(31-24(34)8-6-10-26(31)36)21-16-20(32)12-14-27(21)38-17-28(37)33-22-13-11-18(2)15-19(22)3/h11-16,29H,4-10,17H2,1-3H3,(H,33,37). The molecule has 0 bridgehead atoms. The monoisotopic (exact) mass is 576 g/mol. The third-order valence-corrected chi connectivity index (χ3v) is 8.19. The summed E-state index contributed by atoms with van der Waals surface area (Å²) in [6.45, 7) is 6.59. The fourth-order valence-corrected chi connectivity index (χ4v) is 6.45. The first-order valence-electron chi connectivity index (χ1n) is 13.4.